The summed E-state index contributed by atoms with van der Waals surface area (Å²) in [5, 5.41) is 8.87. The lowest BCUT2D eigenvalue weighted by atomic mass is 10.1. The second-order valence-corrected chi connectivity index (χ2v) is 2.33. The summed E-state index contributed by atoms with van der Waals surface area (Å²) < 4.78 is 4.52. The molecule has 4 heteroatoms. The number of rotatable bonds is 0. The minimum Gasteiger partial charge on any atom is -0.457 e. The molecule has 0 aliphatic carbocycles. The number of hydrogen-bond acceptors (Lipinski definition) is 4. The summed E-state index contributed by atoms with van der Waals surface area (Å²) in [6, 6.07) is 0. The molecule has 2 atom stereocenters. The fraction of sp³-hybridized carbons (Fsp3) is 0.667. The van der Waals surface area contributed by atoms with Gasteiger partial charge >= 0.3 is 5.97 Å². The van der Waals surface area contributed by atoms with E-state index in [9.17, 15) is 9.59 Å². The van der Waals surface area contributed by atoms with Gasteiger partial charge in [-0.3, -0.25) is 4.79 Å². The van der Waals surface area contributed by atoms with E-state index in [1.54, 1.807) is 6.92 Å². The summed E-state index contributed by atoms with van der Waals surface area (Å²) in [5.74, 6) is -1.76. The van der Waals surface area contributed by atoms with Gasteiger partial charge in [0.25, 0.3) is 5.78 Å². The van der Waals surface area contributed by atoms with Gasteiger partial charge in [0.15, 0.2) is 0 Å². The normalized spacial score (nSPS) is 33.8. The first-order valence-electron chi connectivity index (χ1n) is 3.04. The zero-order chi connectivity index (χ0) is 7.72. The molecule has 56 valence electrons. The lowest BCUT2D eigenvalue weighted by Gasteiger charge is -2.20. The van der Waals surface area contributed by atoms with Crippen LogP contribution in [-0.4, -0.2) is 29.1 Å². The fourth-order valence-electron chi connectivity index (χ4n) is 0.846. The third-order valence-corrected chi connectivity index (χ3v) is 1.37. The number of aliphatic hydroxyl groups excluding tert-OH is 1. The Labute approximate surface area is 57.8 Å². The van der Waals surface area contributed by atoms with E-state index < -0.39 is 17.9 Å². The van der Waals surface area contributed by atoms with E-state index in [0.717, 1.165) is 0 Å². The molecule has 0 aromatic rings. The number of hydrogen-bond donors (Lipinski definition) is 1. The monoisotopic (exact) mass is 144 g/mol. The molecule has 0 spiro atoms. The summed E-state index contributed by atoms with van der Waals surface area (Å²) in [6.45, 7) is 1.63. The van der Waals surface area contributed by atoms with Crippen molar-refractivity contribution in [1.29, 1.82) is 0 Å². The Morgan fingerprint density at radius 2 is 2.20 bits per heavy atom. The van der Waals surface area contributed by atoms with Crippen LogP contribution in [0.4, 0.5) is 0 Å². The predicted octanol–water partition coefficient (Wildman–Crippen LogP) is -0.748. The molecule has 0 saturated carbocycles. The number of ketones is 1. The number of esters is 1. The highest BCUT2D eigenvalue weighted by molar-refractivity contribution is 6.35. The van der Waals surface area contributed by atoms with Gasteiger partial charge in [0.05, 0.1) is 0 Å². The van der Waals surface area contributed by atoms with E-state index in [1.165, 1.54) is 0 Å². The fourth-order valence-corrected chi connectivity index (χ4v) is 0.846. The van der Waals surface area contributed by atoms with Gasteiger partial charge in [0, 0.05) is 6.42 Å². The zero-order valence-electron chi connectivity index (χ0n) is 5.53. The average molecular weight is 144 g/mol. The molecule has 2 unspecified atom stereocenters. The van der Waals surface area contributed by atoms with Crippen molar-refractivity contribution in [3.63, 3.8) is 0 Å². The highest BCUT2D eigenvalue weighted by Crippen LogP contribution is 2.10. The molecule has 1 aliphatic rings. The van der Waals surface area contributed by atoms with Crippen LogP contribution in [0.3, 0.4) is 0 Å². The molecule has 1 aliphatic heterocycles. The van der Waals surface area contributed by atoms with Gasteiger partial charge in [-0.05, 0) is 6.92 Å². The molecule has 0 aromatic carbocycles. The number of cyclic esters (lactones) is 1. The van der Waals surface area contributed by atoms with Gasteiger partial charge in [0.1, 0.15) is 12.2 Å². The number of Topliss-reactive ketones (excluding diaryl/α,β-unsaturated/α-hetero) is 1. The van der Waals surface area contributed by atoms with Crippen molar-refractivity contribution in [1.82, 2.24) is 0 Å². The minimum atomic E-state index is -1.16. The van der Waals surface area contributed by atoms with Crippen LogP contribution in [-0.2, 0) is 14.3 Å². The quantitative estimate of drug-likeness (QED) is 0.359. The third-order valence-electron chi connectivity index (χ3n) is 1.37. The van der Waals surface area contributed by atoms with E-state index in [4.69, 9.17) is 5.11 Å². The van der Waals surface area contributed by atoms with Crippen molar-refractivity contribution in [3.8, 4) is 0 Å². The smallest absolute Gasteiger partial charge is 0.377 e. The Bertz CT molecular complexity index is 175. The zero-order valence-corrected chi connectivity index (χ0v) is 5.53. The maximum atomic E-state index is 10.5. The van der Waals surface area contributed by atoms with Crippen LogP contribution in [0.25, 0.3) is 0 Å². The standard InChI is InChI=1S/C6H8O4/c1-3-2-4(7)5(8)6(9)10-3/h3-4,7H,2H2,1H3. The summed E-state index contributed by atoms with van der Waals surface area (Å²) in [7, 11) is 0. The number of carbonyl (C=O) groups excluding carboxylic acids is 2. The molecule has 1 N–H and O–H groups in total. The average Bonchev–Trinajstić information content (AvgIpc) is 1.82. The lowest BCUT2D eigenvalue weighted by molar-refractivity contribution is -0.168. The molecule has 10 heavy (non-hydrogen) atoms. The Kier molecular flexibility index (Phi) is 1.72. The van der Waals surface area contributed by atoms with Gasteiger partial charge in [-0.1, -0.05) is 0 Å². The summed E-state index contributed by atoms with van der Waals surface area (Å²) in [4.78, 5) is 21.0. The van der Waals surface area contributed by atoms with Gasteiger partial charge in [-0.25, -0.2) is 4.79 Å². The Hall–Kier alpha value is -0.900. The van der Waals surface area contributed by atoms with Crippen LogP contribution in [0.5, 0.6) is 0 Å². The molecule has 1 rings (SSSR count). The van der Waals surface area contributed by atoms with Crippen molar-refractivity contribution in [2.24, 2.45) is 0 Å². The molecule has 1 fully saturated rings. The third kappa shape index (κ3) is 1.16. The first-order valence-corrected chi connectivity index (χ1v) is 3.04. The molecular formula is C6H8O4. The van der Waals surface area contributed by atoms with Crippen molar-refractivity contribution in [3.05, 3.63) is 0 Å². The van der Waals surface area contributed by atoms with Crippen LogP contribution >= 0.6 is 0 Å². The SMILES string of the molecule is CC1CC(O)C(=O)C(=O)O1. The summed E-state index contributed by atoms with van der Waals surface area (Å²) in [6.07, 6.45) is -1.29. The van der Waals surface area contributed by atoms with E-state index in [2.05, 4.69) is 4.74 Å². The molecule has 0 amide bonds. The van der Waals surface area contributed by atoms with Crippen LogP contribution in [0.2, 0.25) is 0 Å². The van der Waals surface area contributed by atoms with E-state index in [-0.39, 0.29) is 12.5 Å². The molecular weight excluding hydrogens is 136 g/mol. The Morgan fingerprint density at radius 3 is 2.70 bits per heavy atom. The van der Waals surface area contributed by atoms with Crippen LogP contribution in [0.1, 0.15) is 13.3 Å². The molecule has 1 heterocycles. The molecule has 0 radical (unpaired) electrons. The summed E-state index contributed by atoms with van der Waals surface area (Å²) in [5.41, 5.74) is 0. The number of aliphatic hydroxyl groups is 1. The lowest BCUT2D eigenvalue weighted by Crippen LogP contribution is -2.40. The van der Waals surface area contributed by atoms with Crippen LogP contribution < -0.4 is 0 Å². The van der Waals surface area contributed by atoms with Crippen molar-refractivity contribution >= 4 is 11.8 Å². The first kappa shape index (κ1) is 7.21. The largest absolute Gasteiger partial charge is 0.457 e. The summed E-state index contributed by atoms with van der Waals surface area (Å²) >= 11 is 0. The number of ether oxygens (including phenoxy) is 1. The molecule has 1 saturated heterocycles. The second-order valence-electron chi connectivity index (χ2n) is 2.33. The van der Waals surface area contributed by atoms with Crippen LogP contribution in [0.15, 0.2) is 0 Å². The Balaban J connectivity index is 2.66. The second kappa shape index (κ2) is 2.38. The maximum absolute atomic E-state index is 10.5. The van der Waals surface area contributed by atoms with E-state index in [0.29, 0.717) is 0 Å². The molecule has 4 nitrogen and oxygen atoms in total. The predicted molar refractivity (Wildman–Crippen MR) is 31.2 cm³/mol. The van der Waals surface area contributed by atoms with Crippen LogP contribution in [0, 0.1) is 0 Å². The minimum absolute atomic E-state index is 0.213. The van der Waals surface area contributed by atoms with E-state index >= 15 is 0 Å². The van der Waals surface area contributed by atoms with Gasteiger partial charge in [-0.15, -0.1) is 0 Å². The van der Waals surface area contributed by atoms with Crippen molar-refractivity contribution < 1.29 is 19.4 Å². The first-order chi connectivity index (χ1) is 4.61. The highest BCUT2D eigenvalue weighted by Gasteiger charge is 2.33. The topological polar surface area (TPSA) is 63.6 Å². The number of carbonyl (C=O) groups is 2. The maximum Gasteiger partial charge on any atom is 0.377 e. The van der Waals surface area contributed by atoms with Gasteiger partial charge in [0.2, 0.25) is 0 Å². The van der Waals surface area contributed by atoms with Gasteiger partial charge in [-0.2, -0.15) is 0 Å². The van der Waals surface area contributed by atoms with Crippen molar-refractivity contribution in [2.75, 3.05) is 0 Å². The van der Waals surface area contributed by atoms with Gasteiger partial charge < -0.3 is 9.84 Å². The van der Waals surface area contributed by atoms with E-state index in [1.807, 2.05) is 0 Å². The molecule has 0 bridgehead atoms. The molecule has 0 aromatic heterocycles. The highest BCUT2D eigenvalue weighted by atomic mass is 16.6. The van der Waals surface area contributed by atoms with Crippen molar-refractivity contribution in [2.45, 2.75) is 25.6 Å². The Morgan fingerprint density at radius 1 is 1.60 bits per heavy atom.